The Kier molecular flexibility index (Phi) is 4.53. The Morgan fingerprint density at radius 1 is 1.10 bits per heavy atom. The highest BCUT2D eigenvalue weighted by Gasteiger charge is 2.44. The molecule has 29 heavy (non-hydrogen) atoms. The highest BCUT2D eigenvalue weighted by molar-refractivity contribution is 5.78. The number of rotatable bonds is 3. The quantitative estimate of drug-likeness (QED) is 0.628. The van der Waals surface area contributed by atoms with Crippen molar-refractivity contribution in [3.05, 3.63) is 53.1 Å². The molecule has 4 atom stereocenters. The molecule has 1 aliphatic carbocycles. The number of nitrogens with one attached hydrogen (secondary N) is 1. The first-order chi connectivity index (χ1) is 14.0. The number of aromatic nitrogens is 3. The minimum atomic E-state index is -0.964. The number of aryl methyl sites for hydroxylation is 2. The van der Waals surface area contributed by atoms with Crippen LogP contribution in [0.5, 0.6) is 5.75 Å². The van der Waals surface area contributed by atoms with E-state index in [-0.39, 0.29) is 6.04 Å². The number of aliphatic hydroxyl groups is 2. The number of fused-ring (bicyclic) bond motifs is 2. The summed E-state index contributed by atoms with van der Waals surface area (Å²) in [4.78, 5) is 8.63. The molecule has 2 aliphatic rings. The Labute approximate surface area is 169 Å². The van der Waals surface area contributed by atoms with E-state index in [4.69, 9.17) is 4.74 Å². The summed E-state index contributed by atoms with van der Waals surface area (Å²) in [5.74, 6) is 0.797. The van der Waals surface area contributed by atoms with Crippen LogP contribution in [0.25, 0.3) is 11.0 Å². The highest BCUT2D eigenvalue weighted by Crippen LogP contribution is 2.37. The monoisotopic (exact) mass is 394 g/mol. The zero-order valence-corrected chi connectivity index (χ0v) is 16.7. The summed E-state index contributed by atoms with van der Waals surface area (Å²) in [6.07, 6.45) is 2.55. The summed E-state index contributed by atoms with van der Waals surface area (Å²) in [7, 11) is 0. The van der Waals surface area contributed by atoms with E-state index in [1.54, 1.807) is 0 Å². The molecule has 3 N–H and O–H groups in total. The van der Waals surface area contributed by atoms with Crippen LogP contribution in [-0.4, -0.2) is 49.6 Å². The van der Waals surface area contributed by atoms with Gasteiger partial charge < -0.3 is 24.8 Å². The third-order valence-electron chi connectivity index (χ3n) is 6.42. The second-order valence-electron chi connectivity index (χ2n) is 8.12. The predicted molar refractivity (Wildman–Crippen MR) is 109 cm³/mol. The van der Waals surface area contributed by atoms with Gasteiger partial charge >= 0.3 is 0 Å². The van der Waals surface area contributed by atoms with E-state index in [2.05, 4.69) is 28.3 Å². The summed E-state index contributed by atoms with van der Waals surface area (Å²) in [5, 5.41) is 25.9. The van der Waals surface area contributed by atoms with Gasteiger partial charge in [-0.3, -0.25) is 0 Å². The van der Waals surface area contributed by atoms with Crippen molar-refractivity contribution in [2.24, 2.45) is 0 Å². The molecule has 7 heteroatoms. The van der Waals surface area contributed by atoms with Gasteiger partial charge in [-0.2, -0.15) is 0 Å². The average molecular weight is 394 g/mol. The number of benzene rings is 1. The van der Waals surface area contributed by atoms with Gasteiger partial charge in [0.1, 0.15) is 36.0 Å². The van der Waals surface area contributed by atoms with Crippen LogP contribution >= 0.6 is 0 Å². The lowest BCUT2D eigenvalue weighted by molar-refractivity contribution is -0.0166. The number of hydrogen-bond donors (Lipinski definition) is 3. The van der Waals surface area contributed by atoms with E-state index in [0.29, 0.717) is 6.42 Å². The van der Waals surface area contributed by atoms with Gasteiger partial charge in [0.15, 0.2) is 0 Å². The van der Waals surface area contributed by atoms with Crippen molar-refractivity contribution < 1.29 is 14.9 Å². The Morgan fingerprint density at radius 2 is 1.97 bits per heavy atom. The van der Waals surface area contributed by atoms with Crippen molar-refractivity contribution in [1.82, 2.24) is 19.9 Å². The average Bonchev–Trinajstić information content (AvgIpc) is 3.28. The van der Waals surface area contributed by atoms with Gasteiger partial charge in [0.25, 0.3) is 0 Å². The standard InChI is InChI=1S/C22H26N4O3/c1-12-3-4-18(16-10-23-7-5-14(12)16)29-19-9-17(20(27)21(19)28)26-8-6-15-13(2)24-11-25-22(15)26/h3-4,6,8,11,17,19-21,23,27-28H,5,7,9-10H2,1-2H3/t17?,19?,20-,21+/m0/s1. The molecule has 0 bridgehead atoms. The topological polar surface area (TPSA) is 92.4 Å². The van der Waals surface area contributed by atoms with Crippen LogP contribution in [0.1, 0.15) is 34.8 Å². The van der Waals surface area contributed by atoms with Crippen LogP contribution in [0.4, 0.5) is 0 Å². The van der Waals surface area contributed by atoms with Gasteiger partial charge in [-0.05, 0) is 50.1 Å². The second kappa shape index (κ2) is 7.09. The summed E-state index contributed by atoms with van der Waals surface area (Å²) in [6.45, 7) is 5.79. The van der Waals surface area contributed by atoms with Crippen molar-refractivity contribution in [2.75, 3.05) is 6.54 Å². The normalized spacial score (nSPS) is 26.6. The fourth-order valence-corrected chi connectivity index (χ4v) is 4.76. The summed E-state index contributed by atoms with van der Waals surface area (Å²) < 4.78 is 8.22. The van der Waals surface area contributed by atoms with Crippen molar-refractivity contribution in [2.45, 2.75) is 57.6 Å². The smallest absolute Gasteiger partial charge is 0.143 e. The molecule has 1 aliphatic heterocycles. The van der Waals surface area contributed by atoms with E-state index in [1.807, 2.05) is 29.8 Å². The van der Waals surface area contributed by atoms with Crippen LogP contribution < -0.4 is 10.1 Å². The first-order valence-electron chi connectivity index (χ1n) is 10.2. The Hall–Kier alpha value is -2.48. The maximum Gasteiger partial charge on any atom is 0.143 e. The Balaban J connectivity index is 1.44. The van der Waals surface area contributed by atoms with E-state index in [9.17, 15) is 10.2 Å². The van der Waals surface area contributed by atoms with E-state index in [0.717, 1.165) is 47.6 Å². The van der Waals surface area contributed by atoms with E-state index < -0.39 is 18.3 Å². The van der Waals surface area contributed by atoms with Gasteiger partial charge in [-0.1, -0.05) is 6.07 Å². The lowest BCUT2D eigenvalue weighted by Gasteiger charge is -2.25. The Morgan fingerprint density at radius 3 is 2.83 bits per heavy atom. The van der Waals surface area contributed by atoms with Gasteiger partial charge in [0, 0.05) is 30.1 Å². The maximum absolute atomic E-state index is 10.8. The molecule has 0 spiro atoms. The Bertz CT molecular complexity index is 1060. The van der Waals surface area contributed by atoms with Gasteiger partial charge in [0.05, 0.1) is 11.7 Å². The molecule has 0 radical (unpaired) electrons. The maximum atomic E-state index is 10.8. The van der Waals surface area contributed by atoms with Crippen LogP contribution in [0.15, 0.2) is 30.7 Å². The molecule has 0 amide bonds. The van der Waals surface area contributed by atoms with E-state index in [1.165, 1.54) is 17.5 Å². The zero-order valence-electron chi connectivity index (χ0n) is 16.7. The van der Waals surface area contributed by atoms with Crippen molar-refractivity contribution >= 4 is 11.0 Å². The largest absolute Gasteiger partial charge is 0.487 e. The zero-order chi connectivity index (χ0) is 20.1. The first-order valence-corrected chi connectivity index (χ1v) is 10.2. The van der Waals surface area contributed by atoms with Crippen LogP contribution in [-0.2, 0) is 13.0 Å². The predicted octanol–water partition coefficient (Wildman–Crippen LogP) is 1.81. The lowest BCUT2D eigenvalue weighted by Crippen LogP contribution is -2.35. The first kappa shape index (κ1) is 18.5. The fourth-order valence-electron chi connectivity index (χ4n) is 4.76. The van der Waals surface area contributed by atoms with Gasteiger partial charge in [-0.15, -0.1) is 0 Å². The van der Waals surface area contributed by atoms with Crippen LogP contribution in [0, 0.1) is 13.8 Å². The van der Waals surface area contributed by atoms with E-state index >= 15 is 0 Å². The third kappa shape index (κ3) is 3.01. The van der Waals surface area contributed by atoms with Crippen molar-refractivity contribution in [3.8, 4) is 5.75 Å². The number of nitrogens with zero attached hydrogens (tertiary/aromatic N) is 3. The van der Waals surface area contributed by atoms with Crippen LogP contribution in [0.2, 0.25) is 0 Å². The second-order valence-corrected chi connectivity index (χ2v) is 8.12. The molecule has 3 heterocycles. The third-order valence-corrected chi connectivity index (χ3v) is 6.42. The summed E-state index contributed by atoms with van der Waals surface area (Å²) >= 11 is 0. The summed E-state index contributed by atoms with van der Waals surface area (Å²) in [5.41, 5.74) is 5.43. The van der Waals surface area contributed by atoms with Crippen LogP contribution in [0.3, 0.4) is 0 Å². The minimum absolute atomic E-state index is 0.304. The molecule has 7 nitrogen and oxygen atoms in total. The lowest BCUT2D eigenvalue weighted by atomic mass is 9.95. The molecule has 152 valence electrons. The minimum Gasteiger partial charge on any atom is -0.487 e. The van der Waals surface area contributed by atoms with Crippen molar-refractivity contribution in [1.29, 1.82) is 0 Å². The number of ether oxygens (including phenoxy) is 1. The molecule has 1 aromatic carbocycles. The van der Waals surface area contributed by atoms with Gasteiger partial charge in [-0.25, -0.2) is 9.97 Å². The molecule has 2 unspecified atom stereocenters. The molecular weight excluding hydrogens is 368 g/mol. The van der Waals surface area contributed by atoms with Crippen molar-refractivity contribution in [3.63, 3.8) is 0 Å². The number of aliphatic hydroxyl groups excluding tert-OH is 2. The molecule has 3 aromatic rings. The molecule has 0 saturated heterocycles. The molecule has 1 saturated carbocycles. The van der Waals surface area contributed by atoms with Gasteiger partial charge in [0.2, 0.25) is 0 Å². The molecule has 1 fully saturated rings. The fraction of sp³-hybridized carbons (Fsp3) is 0.455. The number of hydrogen-bond acceptors (Lipinski definition) is 6. The SMILES string of the molecule is Cc1ccc(OC2CC(n3ccc4c(C)ncnc43)[C@H](O)[C@@H]2O)c2c1CCNC2. The molecule has 5 rings (SSSR count). The molecular formula is C22H26N4O3. The summed E-state index contributed by atoms with van der Waals surface area (Å²) in [6, 6.07) is 5.71. The highest BCUT2D eigenvalue weighted by atomic mass is 16.5. The molecule has 2 aromatic heterocycles.